The Morgan fingerprint density at radius 3 is 2.58 bits per heavy atom. The molecule has 1 amide bonds. The number of carbonyl (C=O) groups is 1. The van der Waals surface area contributed by atoms with Gasteiger partial charge >= 0.3 is 0 Å². The van der Waals surface area contributed by atoms with Crippen LogP contribution in [0, 0.1) is 17.2 Å². The molecule has 1 rings (SSSR count). The van der Waals surface area contributed by atoms with Crippen LogP contribution in [-0.4, -0.2) is 19.0 Å². The highest BCUT2D eigenvalue weighted by Crippen LogP contribution is 2.20. The molecule has 2 N–H and O–H groups in total. The predicted molar refractivity (Wildman–Crippen MR) is 75.3 cm³/mol. The SMILES string of the molecule is CC(C)C(NCC(=O)NCCC#N)c1ccccc1. The first kappa shape index (κ1) is 15.2. The summed E-state index contributed by atoms with van der Waals surface area (Å²) in [6.07, 6.45) is 0.345. The molecule has 0 aromatic heterocycles. The van der Waals surface area contributed by atoms with E-state index in [-0.39, 0.29) is 18.5 Å². The molecule has 1 aromatic carbocycles. The summed E-state index contributed by atoms with van der Waals surface area (Å²) in [5, 5.41) is 14.4. The molecule has 4 nitrogen and oxygen atoms in total. The van der Waals surface area contributed by atoms with Gasteiger partial charge in [0, 0.05) is 12.6 Å². The van der Waals surface area contributed by atoms with E-state index in [2.05, 4.69) is 36.6 Å². The van der Waals surface area contributed by atoms with Crippen molar-refractivity contribution in [3.63, 3.8) is 0 Å². The molecule has 0 radical (unpaired) electrons. The van der Waals surface area contributed by atoms with Gasteiger partial charge in [0.25, 0.3) is 0 Å². The molecule has 0 spiro atoms. The van der Waals surface area contributed by atoms with Gasteiger partial charge in [-0.3, -0.25) is 4.79 Å². The van der Waals surface area contributed by atoms with E-state index in [1.807, 2.05) is 24.3 Å². The van der Waals surface area contributed by atoms with Gasteiger partial charge in [0.05, 0.1) is 19.0 Å². The summed E-state index contributed by atoms with van der Waals surface area (Å²) in [6, 6.07) is 12.3. The number of rotatable bonds is 7. The number of nitrogens with one attached hydrogen (secondary N) is 2. The Labute approximate surface area is 114 Å². The molecule has 1 atom stereocenters. The molecule has 0 aliphatic rings. The van der Waals surface area contributed by atoms with Crippen molar-refractivity contribution in [2.45, 2.75) is 26.3 Å². The molecule has 0 heterocycles. The first-order valence-corrected chi connectivity index (χ1v) is 6.57. The summed E-state index contributed by atoms with van der Waals surface area (Å²) in [4.78, 5) is 11.6. The van der Waals surface area contributed by atoms with Gasteiger partial charge in [0.1, 0.15) is 0 Å². The molecule has 0 aliphatic heterocycles. The summed E-state index contributed by atoms with van der Waals surface area (Å²) in [5.74, 6) is 0.325. The van der Waals surface area contributed by atoms with Gasteiger partial charge in [-0.2, -0.15) is 5.26 Å². The standard InChI is InChI=1S/C15H21N3O/c1-12(2)15(13-7-4-3-5-8-13)18-11-14(19)17-10-6-9-16/h3-5,7-8,12,15,18H,6,10-11H2,1-2H3,(H,17,19). The molecule has 0 aliphatic carbocycles. The highest BCUT2D eigenvalue weighted by Gasteiger charge is 2.15. The fourth-order valence-corrected chi connectivity index (χ4v) is 1.92. The van der Waals surface area contributed by atoms with Gasteiger partial charge in [-0.25, -0.2) is 0 Å². The van der Waals surface area contributed by atoms with Gasteiger partial charge in [0.2, 0.25) is 5.91 Å². The van der Waals surface area contributed by atoms with Crippen molar-refractivity contribution in [3.05, 3.63) is 35.9 Å². The zero-order valence-electron chi connectivity index (χ0n) is 11.5. The number of benzene rings is 1. The van der Waals surface area contributed by atoms with Crippen molar-refractivity contribution in [3.8, 4) is 6.07 Å². The van der Waals surface area contributed by atoms with Crippen LogP contribution in [-0.2, 0) is 4.79 Å². The molecule has 1 unspecified atom stereocenters. The molecule has 0 saturated carbocycles. The Hall–Kier alpha value is -1.86. The maximum atomic E-state index is 11.6. The van der Waals surface area contributed by atoms with Gasteiger partial charge in [-0.15, -0.1) is 0 Å². The molecular weight excluding hydrogens is 238 g/mol. The molecule has 0 bridgehead atoms. The highest BCUT2D eigenvalue weighted by atomic mass is 16.1. The minimum absolute atomic E-state index is 0.0724. The second-order valence-electron chi connectivity index (χ2n) is 4.77. The van der Waals surface area contributed by atoms with Crippen LogP contribution >= 0.6 is 0 Å². The van der Waals surface area contributed by atoms with Gasteiger partial charge < -0.3 is 10.6 Å². The predicted octanol–water partition coefficient (Wildman–Crippen LogP) is 2.00. The summed E-state index contributed by atoms with van der Waals surface area (Å²) in [6.45, 7) is 4.92. The Morgan fingerprint density at radius 1 is 1.32 bits per heavy atom. The third-order valence-corrected chi connectivity index (χ3v) is 2.87. The minimum Gasteiger partial charge on any atom is -0.354 e. The number of hydrogen-bond donors (Lipinski definition) is 2. The lowest BCUT2D eigenvalue weighted by molar-refractivity contribution is -0.120. The number of nitrogens with zero attached hydrogens (tertiary/aromatic N) is 1. The monoisotopic (exact) mass is 259 g/mol. The zero-order valence-corrected chi connectivity index (χ0v) is 11.5. The molecule has 0 saturated heterocycles. The largest absolute Gasteiger partial charge is 0.354 e. The Bertz CT molecular complexity index is 423. The molecule has 19 heavy (non-hydrogen) atoms. The second kappa shape index (κ2) is 8.28. The van der Waals surface area contributed by atoms with Crippen molar-refractivity contribution in [1.82, 2.24) is 10.6 Å². The highest BCUT2D eigenvalue weighted by molar-refractivity contribution is 5.78. The van der Waals surface area contributed by atoms with Crippen molar-refractivity contribution in [1.29, 1.82) is 5.26 Å². The first-order chi connectivity index (χ1) is 9.15. The fourth-order valence-electron chi connectivity index (χ4n) is 1.92. The van der Waals surface area contributed by atoms with E-state index in [0.29, 0.717) is 18.9 Å². The second-order valence-corrected chi connectivity index (χ2v) is 4.77. The molecule has 0 fully saturated rings. The van der Waals surface area contributed by atoms with E-state index in [9.17, 15) is 4.79 Å². The third-order valence-electron chi connectivity index (χ3n) is 2.87. The van der Waals surface area contributed by atoms with Crippen molar-refractivity contribution in [2.75, 3.05) is 13.1 Å². The lowest BCUT2D eigenvalue weighted by Gasteiger charge is -2.22. The van der Waals surface area contributed by atoms with E-state index in [0.717, 1.165) is 0 Å². The third kappa shape index (κ3) is 5.54. The van der Waals surface area contributed by atoms with Gasteiger partial charge in [-0.05, 0) is 11.5 Å². The van der Waals surface area contributed by atoms with Crippen LogP contribution in [0.3, 0.4) is 0 Å². The normalized spacial score (nSPS) is 11.9. The van der Waals surface area contributed by atoms with Crippen LogP contribution in [0.25, 0.3) is 0 Å². The van der Waals surface area contributed by atoms with Crippen molar-refractivity contribution < 1.29 is 4.79 Å². The average molecular weight is 259 g/mol. The summed E-state index contributed by atoms with van der Waals surface area (Å²) in [7, 11) is 0. The topological polar surface area (TPSA) is 64.9 Å². The maximum absolute atomic E-state index is 11.6. The number of hydrogen-bond acceptors (Lipinski definition) is 3. The summed E-state index contributed by atoms with van der Waals surface area (Å²) < 4.78 is 0. The van der Waals surface area contributed by atoms with E-state index >= 15 is 0 Å². The van der Waals surface area contributed by atoms with Crippen molar-refractivity contribution >= 4 is 5.91 Å². The number of carbonyl (C=O) groups excluding carboxylic acids is 1. The Kier molecular flexibility index (Phi) is 6.62. The Balaban J connectivity index is 2.48. The quantitative estimate of drug-likeness (QED) is 0.736. The minimum atomic E-state index is -0.0724. The van der Waals surface area contributed by atoms with Crippen LogP contribution in [0.4, 0.5) is 0 Å². The van der Waals surface area contributed by atoms with Crippen LogP contribution in [0.1, 0.15) is 31.9 Å². The molecule has 1 aromatic rings. The van der Waals surface area contributed by atoms with E-state index < -0.39 is 0 Å². The zero-order chi connectivity index (χ0) is 14.1. The van der Waals surface area contributed by atoms with E-state index in [1.165, 1.54) is 5.56 Å². The van der Waals surface area contributed by atoms with Crippen LogP contribution < -0.4 is 10.6 Å². The number of amides is 1. The molecule has 4 heteroatoms. The van der Waals surface area contributed by atoms with E-state index in [1.54, 1.807) is 0 Å². The van der Waals surface area contributed by atoms with Gasteiger partial charge in [0.15, 0.2) is 0 Å². The lowest BCUT2D eigenvalue weighted by Crippen LogP contribution is -2.37. The molecule has 102 valence electrons. The summed E-state index contributed by atoms with van der Waals surface area (Å²) >= 11 is 0. The van der Waals surface area contributed by atoms with Crippen LogP contribution in [0.2, 0.25) is 0 Å². The Morgan fingerprint density at radius 2 is 2.00 bits per heavy atom. The first-order valence-electron chi connectivity index (χ1n) is 6.57. The van der Waals surface area contributed by atoms with E-state index in [4.69, 9.17) is 5.26 Å². The van der Waals surface area contributed by atoms with Crippen LogP contribution in [0.5, 0.6) is 0 Å². The lowest BCUT2D eigenvalue weighted by atomic mass is 9.96. The maximum Gasteiger partial charge on any atom is 0.234 e. The van der Waals surface area contributed by atoms with Gasteiger partial charge in [-0.1, -0.05) is 44.2 Å². The number of nitriles is 1. The smallest absolute Gasteiger partial charge is 0.234 e. The van der Waals surface area contributed by atoms with Crippen molar-refractivity contribution in [2.24, 2.45) is 5.92 Å². The fraction of sp³-hybridized carbons (Fsp3) is 0.467. The van der Waals surface area contributed by atoms with Crippen LogP contribution in [0.15, 0.2) is 30.3 Å². The summed E-state index contributed by atoms with van der Waals surface area (Å²) in [5.41, 5.74) is 1.18. The molecular formula is C15H21N3O. The average Bonchev–Trinajstić information content (AvgIpc) is 2.40.